The summed E-state index contributed by atoms with van der Waals surface area (Å²) in [5.41, 5.74) is 0.158. The summed E-state index contributed by atoms with van der Waals surface area (Å²) in [6, 6.07) is 4.49. The van der Waals surface area contributed by atoms with Gasteiger partial charge in [-0.2, -0.15) is 0 Å². The Kier molecular flexibility index (Phi) is 5.83. The van der Waals surface area contributed by atoms with Gasteiger partial charge in [-0.05, 0) is 37.5 Å². The second-order valence-corrected chi connectivity index (χ2v) is 4.69. The van der Waals surface area contributed by atoms with E-state index in [1.807, 2.05) is 0 Å². The third kappa shape index (κ3) is 4.61. The Bertz CT molecular complexity index is 467. The van der Waals surface area contributed by atoms with Crippen molar-refractivity contribution in [1.29, 1.82) is 0 Å². The predicted octanol–water partition coefficient (Wildman–Crippen LogP) is 2.32. The van der Waals surface area contributed by atoms with Crippen LogP contribution in [0.3, 0.4) is 0 Å². The number of carboxylic acids is 1. The first kappa shape index (κ1) is 15.6. The van der Waals surface area contributed by atoms with Crippen LogP contribution in [0.4, 0.5) is 0 Å². The average molecular weight is 296 g/mol. The smallest absolute Gasteiger partial charge is 0.335 e. The van der Waals surface area contributed by atoms with Gasteiger partial charge < -0.3 is 24.1 Å². The molecule has 1 aliphatic rings. The highest BCUT2D eigenvalue weighted by Crippen LogP contribution is 2.28. The minimum Gasteiger partial charge on any atom is -0.493 e. The third-order valence-electron chi connectivity index (χ3n) is 3.19. The Morgan fingerprint density at radius 3 is 2.86 bits per heavy atom. The van der Waals surface area contributed by atoms with Gasteiger partial charge in [0.05, 0.1) is 19.3 Å². The van der Waals surface area contributed by atoms with Gasteiger partial charge in [-0.25, -0.2) is 4.79 Å². The van der Waals surface area contributed by atoms with E-state index in [-0.39, 0.29) is 11.9 Å². The number of ether oxygens (including phenoxy) is 4. The van der Waals surface area contributed by atoms with Crippen molar-refractivity contribution in [3.8, 4) is 11.5 Å². The number of rotatable bonds is 7. The molecule has 6 heteroatoms. The normalized spacial score (nSPS) is 18.2. The summed E-state index contributed by atoms with van der Waals surface area (Å²) in [5.74, 6) is -0.114. The van der Waals surface area contributed by atoms with Crippen molar-refractivity contribution in [2.24, 2.45) is 0 Å². The van der Waals surface area contributed by atoms with Crippen molar-refractivity contribution in [2.45, 2.75) is 25.6 Å². The van der Waals surface area contributed by atoms with Crippen molar-refractivity contribution in [2.75, 3.05) is 26.9 Å². The molecule has 0 radical (unpaired) electrons. The summed E-state index contributed by atoms with van der Waals surface area (Å²) in [4.78, 5) is 10.9. The maximum absolute atomic E-state index is 10.9. The lowest BCUT2D eigenvalue weighted by Crippen LogP contribution is -2.24. The van der Waals surface area contributed by atoms with Gasteiger partial charge in [-0.3, -0.25) is 0 Å². The average Bonchev–Trinajstić information content (AvgIpc) is 2.52. The zero-order valence-electron chi connectivity index (χ0n) is 12.0. The molecule has 1 heterocycles. The highest BCUT2D eigenvalue weighted by Gasteiger charge is 2.14. The fourth-order valence-electron chi connectivity index (χ4n) is 2.09. The van der Waals surface area contributed by atoms with Crippen LogP contribution in [0, 0.1) is 0 Å². The van der Waals surface area contributed by atoms with Crippen LogP contribution in [0.25, 0.3) is 0 Å². The summed E-state index contributed by atoms with van der Waals surface area (Å²) < 4.78 is 21.7. The lowest BCUT2D eigenvalue weighted by molar-refractivity contribution is -0.165. The Labute approximate surface area is 123 Å². The number of carboxylic acid groups (broad SMARTS) is 1. The van der Waals surface area contributed by atoms with E-state index >= 15 is 0 Å². The maximum Gasteiger partial charge on any atom is 0.335 e. The number of aromatic carboxylic acids is 1. The van der Waals surface area contributed by atoms with E-state index in [4.69, 9.17) is 24.1 Å². The number of benzene rings is 1. The molecule has 0 saturated carbocycles. The quantitative estimate of drug-likeness (QED) is 0.778. The summed E-state index contributed by atoms with van der Waals surface area (Å²) in [5, 5.41) is 8.92. The second-order valence-electron chi connectivity index (χ2n) is 4.69. The molecular weight excluding hydrogens is 276 g/mol. The molecule has 1 N–H and O–H groups in total. The molecule has 116 valence electrons. The summed E-state index contributed by atoms with van der Waals surface area (Å²) >= 11 is 0. The molecule has 1 aromatic rings. The van der Waals surface area contributed by atoms with E-state index in [0.29, 0.717) is 24.7 Å². The molecule has 0 spiro atoms. The van der Waals surface area contributed by atoms with E-state index < -0.39 is 5.97 Å². The third-order valence-corrected chi connectivity index (χ3v) is 3.19. The lowest BCUT2D eigenvalue weighted by atomic mass is 10.2. The molecule has 0 amide bonds. The SMILES string of the molecule is COc1cc(C(=O)O)ccc1OCCOC1CCCCO1. The molecule has 0 aliphatic carbocycles. The van der Waals surface area contributed by atoms with Gasteiger partial charge in [-0.15, -0.1) is 0 Å². The monoisotopic (exact) mass is 296 g/mol. The number of methoxy groups -OCH3 is 1. The van der Waals surface area contributed by atoms with Crippen LogP contribution >= 0.6 is 0 Å². The van der Waals surface area contributed by atoms with Gasteiger partial charge in [0.15, 0.2) is 17.8 Å². The van der Waals surface area contributed by atoms with Crippen molar-refractivity contribution >= 4 is 5.97 Å². The summed E-state index contributed by atoms with van der Waals surface area (Å²) in [7, 11) is 1.47. The van der Waals surface area contributed by atoms with Crippen LogP contribution in [0.15, 0.2) is 18.2 Å². The van der Waals surface area contributed by atoms with E-state index in [9.17, 15) is 4.79 Å². The van der Waals surface area contributed by atoms with E-state index in [1.165, 1.54) is 19.2 Å². The molecule has 1 aromatic carbocycles. The minimum atomic E-state index is -1.00. The predicted molar refractivity (Wildman–Crippen MR) is 75.0 cm³/mol. The zero-order chi connectivity index (χ0) is 15.1. The highest BCUT2D eigenvalue weighted by atomic mass is 16.7. The van der Waals surface area contributed by atoms with Crippen LogP contribution in [0.2, 0.25) is 0 Å². The molecule has 2 rings (SSSR count). The standard InChI is InChI=1S/C15H20O6/c1-18-13-10-11(15(16)17)5-6-12(13)19-8-9-21-14-4-2-3-7-20-14/h5-6,10,14H,2-4,7-9H2,1H3,(H,16,17). The van der Waals surface area contributed by atoms with Crippen molar-refractivity contribution in [3.63, 3.8) is 0 Å². The van der Waals surface area contributed by atoms with Crippen LogP contribution in [-0.4, -0.2) is 44.3 Å². The molecule has 21 heavy (non-hydrogen) atoms. The van der Waals surface area contributed by atoms with Crippen LogP contribution in [0.5, 0.6) is 11.5 Å². The highest BCUT2D eigenvalue weighted by molar-refractivity contribution is 5.88. The molecule has 0 aromatic heterocycles. The van der Waals surface area contributed by atoms with Gasteiger partial charge in [-0.1, -0.05) is 0 Å². The Balaban J connectivity index is 1.80. The molecule has 1 atom stereocenters. The minimum absolute atomic E-state index is 0.140. The number of hydrogen-bond acceptors (Lipinski definition) is 5. The first-order valence-electron chi connectivity index (χ1n) is 6.98. The summed E-state index contributed by atoms with van der Waals surface area (Å²) in [6.07, 6.45) is 2.98. The first-order valence-corrected chi connectivity index (χ1v) is 6.98. The van der Waals surface area contributed by atoms with Gasteiger partial charge in [0, 0.05) is 6.61 Å². The van der Waals surface area contributed by atoms with Crippen LogP contribution in [0.1, 0.15) is 29.6 Å². The number of carbonyl (C=O) groups is 1. The van der Waals surface area contributed by atoms with Crippen LogP contribution < -0.4 is 9.47 Å². The largest absolute Gasteiger partial charge is 0.493 e. The van der Waals surface area contributed by atoms with Crippen molar-refractivity contribution < 1.29 is 28.8 Å². The molecule has 1 fully saturated rings. The molecule has 1 unspecified atom stereocenters. The van der Waals surface area contributed by atoms with Gasteiger partial charge in [0.1, 0.15) is 6.61 Å². The molecule has 1 aliphatic heterocycles. The van der Waals surface area contributed by atoms with E-state index in [1.54, 1.807) is 6.07 Å². The lowest BCUT2D eigenvalue weighted by Gasteiger charge is -2.22. The number of hydrogen-bond donors (Lipinski definition) is 1. The van der Waals surface area contributed by atoms with Gasteiger partial charge in [0.25, 0.3) is 0 Å². The zero-order valence-corrected chi connectivity index (χ0v) is 12.0. The fraction of sp³-hybridized carbons (Fsp3) is 0.533. The van der Waals surface area contributed by atoms with Gasteiger partial charge in [0.2, 0.25) is 0 Å². The molecule has 0 bridgehead atoms. The first-order chi connectivity index (χ1) is 10.2. The topological polar surface area (TPSA) is 74.2 Å². The maximum atomic E-state index is 10.9. The van der Waals surface area contributed by atoms with Crippen molar-refractivity contribution in [1.82, 2.24) is 0 Å². The van der Waals surface area contributed by atoms with Gasteiger partial charge >= 0.3 is 5.97 Å². The summed E-state index contributed by atoms with van der Waals surface area (Å²) in [6.45, 7) is 1.51. The molecule has 1 saturated heterocycles. The van der Waals surface area contributed by atoms with Crippen molar-refractivity contribution in [3.05, 3.63) is 23.8 Å². The molecular formula is C15H20O6. The Morgan fingerprint density at radius 2 is 2.19 bits per heavy atom. The Morgan fingerprint density at radius 1 is 1.33 bits per heavy atom. The second kappa shape index (κ2) is 7.85. The molecule has 6 nitrogen and oxygen atoms in total. The van der Waals surface area contributed by atoms with E-state index in [0.717, 1.165) is 25.9 Å². The Hall–Kier alpha value is -1.79. The fourth-order valence-corrected chi connectivity index (χ4v) is 2.09. The van der Waals surface area contributed by atoms with E-state index in [2.05, 4.69) is 0 Å². The van der Waals surface area contributed by atoms with Crippen LogP contribution in [-0.2, 0) is 9.47 Å².